The summed E-state index contributed by atoms with van der Waals surface area (Å²) >= 11 is 6.95. The molecular formula is C24H19ClF3NO5S2. The highest BCUT2D eigenvalue weighted by Crippen LogP contribution is 2.40. The molecule has 4 aromatic rings. The Labute approximate surface area is 213 Å². The molecule has 0 atom stereocenters. The number of ether oxygens (including phenoxy) is 1. The number of fused-ring (bicyclic) bond motifs is 1. The molecule has 0 saturated carbocycles. The fourth-order valence-corrected chi connectivity index (χ4v) is 6.90. The van der Waals surface area contributed by atoms with Crippen molar-refractivity contribution in [3.63, 3.8) is 0 Å². The highest BCUT2D eigenvalue weighted by molar-refractivity contribution is 7.92. The summed E-state index contributed by atoms with van der Waals surface area (Å²) < 4.78 is 72.6. The number of benzene rings is 2. The molecule has 36 heavy (non-hydrogen) atoms. The van der Waals surface area contributed by atoms with Crippen LogP contribution in [0.5, 0.6) is 5.75 Å². The van der Waals surface area contributed by atoms with Crippen molar-refractivity contribution in [2.24, 2.45) is 0 Å². The third kappa shape index (κ3) is 5.09. The number of thiophene rings is 1. The highest BCUT2D eigenvalue weighted by atomic mass is 35.5. The van der Waals surface area contributed by atoms with Gasteiger partial charge in [-0.1, -0.05) is 17.7 Å². The molecule has 2 aromatic heterocycles. The summed E-state index contributed by atoms with van der Waals surface area (Å²) in [4.78, 5) is 11.5. The third-order valence-electron chi connectivity index (χ3n) is 5.40. The summed E-state index contributed by atoms with van der Waals surface area (Å²) in [5, 5.41) is 9.50. The smallest absolute Gasteiger partial charge is 0.416 e. The zero-order valence-electron chi connectivity index (χ0n) is 18.7. The van der Waals surface area contributed by atoms with Crippen molar-refractivity contribution in [3.05, 3.63) is 70.9 Å². The topological polar surface area (TPSA) is 85.6 Å². The Kier molecular flexibility index (Phi) is 7.09. The quantitative estimate of drug-likeness (QED) is 0.261. The number of carboxylic acids is 1. The predicted octanol–water partition coefficient (Wildman–Crippen LogP) is 6.69. The van der Waals surface area contributed by atoms with Crippen molar-refractivity contribution in [1.82, 2.24) is 3.97 Å². The van der Waals surface area contributed by atoms with Crippen molar-refractivity contribution >= 4 is 49.8 Å². The second-order valence-corrected chi connectivity index (χ2v) is 11.3. The molecule has 2 heterocycles. The summed E-state index contributed by atoms with van der Waals surface area (Å²) in [6.45, 7) is 2.21. The third-order valence-corrected chi connectivity index (χ3v) is 8.97. The summed E-state index contributed by atoms with van der Waals surface area (Å²) in [6.07, 6.45) is -3.24. The van der Waals surface area contributed by atoms with Crippen LogP contribution in [0.25, 0.3) is 21.3 Å². The summed E-state index contributed by atoms with van der Waals surface area (Å²) in [6, 6.07) is 10.6. The van der Waals surface area contributed by atoms with E-state index in [0.717, 1.165) is 27.4 Å². The van der Waals surface area contributed by atoms with Crippen LogP contribution in [0.3, 0.4) is 0 Å². The van der Waals surface area contributed by atoms with Crippen LogP contribution in [-0.4, -0.2) is 30.1 Å². The van der Waals surface area contributed by atoms with E-state index in [9.17, 15) is 26.4 Å². The molecule has 2 aromatic carbocycles. The zero-order valence-corrected chi connectivity index (χ0v) is 21.1. The molecule has 0 amide bonds. The van der Waals surface area contributed by atoms with E-state index in [-0.39, 0.29) is 27.6 Å². The van der Waals surface area contributed by atoms with Crippen molar-refractivity contribution < 1.29 is 36.2 Å². The largest absolute Gasteiger partial charge is 0.494 e. The van der Waals surface area contributed by atoms with Gasteiger partial charge in [-0.25, -0.2) is 3.97 Å². The van der Waals surface area contributed by atoms with Gasteiger partial charge in [-0.2, -0.15) is 21.6 Å². The number of aryl methyl sites for hydroxylation is 1. The molecule has 0 radical (unpaired) electrons. The fraction of sp³-hybridized carbons (Fsp3) is 0.208. The molecule has 0 bridgehead atoms. The number of carbonyl (C=O) groups is 1. The second kappa shape index (κ2) is 9.79. The second-order valence-electron chi connectivity index (χ2n) is 7.77. The molecule has 1 N–H and O–H groups in total. The zero-order chi connectivity index (χ0) is 26.3. The molecular weight excluding hydrogens is 539 g/mol. The molecule has 0 fully saturated rings. The van der Waals surface area contributed by atoms with Crippen LogP contribution in [-0.2, 0) is 27.4 Å². The van der Waals surface area contributed by atoms with Gasteiger partial charge in [0.25, 0.3) is 10.0 Å². The first-order chi connectivity index (χ1) is 16.9. The maximum Gasteiger partial charge on any atom is 0.416 e. The number of aliphatic carboxylic acids is 1. The van der Waals surface area contributed by atoms with Gasteiger partial charge < -0.3 is 9.84 Å². The average Bonchev–Trinajstić information content (AvgIpc) is 3.43. The van der Waals surface area contributed by atoms with Crippen molar-refractivity contribution in [1.29, 1.82) is 0 Å². The predicted molar refractivity (Wildman–Crippen MR) is 131 cm³/mol. The van der Waals surface area contributed by atoms with Crippen molar-refractivity contribution in [3.8, 4) is 16.2 Å². The molecule has 6 nitrogen and oxygen atoms in total. The lowest BCUT2D eigenvalue weighted by molar-refractivity contribution is -0.138. The van der Waals surface area contributed by atoms with E-state index in [1.54, 1.807) is 18.2 Å². The van der Waals surface area contributed by atoms with E-state index < -0.39 is 27.7 Å². The Bertz CT molecular complexity index is 1560. The Morgan fingerprint density at radius 2 is 1.89 bits per heavy atom. The normalized spacial score (nSPS) is 12.2. The van der Waals surface area contributed by atoms with Gasteiger partial charge in [-0.05, 0) is 61.4 Å². The first kappa shape index (κ1) is 26.1. The maximum absolute atomic E-state index is 13.6. The molecule has 0 aliphatic rings. The lowest BCUT2D eigenvalue weighted by atomic mass is 10.1. The number of carboxylic acid groups (broad SMARTS) is 1. The first-order valence-electron chi connectivity index (χ1n) is 10.6. The first-order valence-corrected chi connectivity index (χ1v) is 13.3. The van der Waals surface area contributed by atoms with Gasteiger partial charge in [0.05, 0.1) is 17.7 Å². The van der Waals surface area contributed by atoms with Gasteiger partial charge in [-0.15, -0.1) is 11.3 Å². The molecule has 12 heteroatoms. The van der Waals surface area contributed by atoms with Crippen LogP contribution in [0.4, 0.5) is 13.2 Å². The molecule has 0 unspecified atom stereocenters. The summed E-state index contributed by atoms with van der Waals surface area (Å²) in [5.41, 5.74) is 0.248. The Morgan fingerprint density at radius 1 is 1.14 bits per heavy atom. The number of aromatic nitrogens is 1. The number of nitrogens with zero attached hydrogens (tertiary/aromatic N) is 1. The number of hydrogen-bond acceptors (Lipinski definition) is 5. The maximum atomic E-state index is 13.6. The summed E-state index contributed by atoms with van der Waals surface area (Å²) in [7, 11) is -4.12. The van der Waals surface area contributed by atoms with Crippen molar-refractivity contribution in [2.75, 3.05) is 6.61 Å². The SMILES string of the molecule is CCOc1ccc2c(c1)c(CCC(=O)O)cn2S(=O)(=O)c1ccc(-c2ccc(C(F)(F)F)cc2Cl)s1. The lowest BCUT2D eigenvalue weighted by Gasteiger charge is -2.09. The van der Waals surface area contributed by atoms with E-state index >= 15 is 0 Å². The van der Waals surface area contributed by atoms with E-state index in [1.807, 2.05) is 6.92 Å². The molecule has 0 aliphatic heterocycles. The van der Waals surface area contributed by atoms with Gasteiger partial charge in [0.2, 0.25) is 0 Å². The highest BCUT2D eigenvalue weighted by Gasteiger charge is 2.31. The van der Waals surface area contributed by atoms with Crippen LogP contribution in [0, 0.1) is 0 Å². The number of alkyl halides is 3. The van der Waals surface area contributed by atoms with Crippen molar-refractivity contribution in [2.45, 2.75) is 30.2 Å². The van der Waals surface area contributed by atoms with Crippen LogP contribution < -0.4 is 4.74 Å². The van der Waals surface area contributed by atoms with Crippen LogP contribution in [0.1, 0.15) is 24.5 Å². The molecule has 0 saturated heterocycles. The van der Waals surface area contributed by atoms with E-state index in [2.05, 4.69) is 0 Å². The molecule has 0 aliphatic carbocycles. The minimum Gasteiger partial charge on any atom is -0.494 e. The number of rotatable bonds is 8. The van der Waals surface area contributed by atoms with Gasteiger partial charge >= 0.3 is 12.1 Å². The van der Waals surface area contributed by atoms with Gasteiger partial charge in [-0.3, -0.25) is 4.79 Å². The summed E-state index contributed by atoms with van der Waals surface area (Å²) in [5.74, 6) is -0.497. The lowest BCUT2D eigenvalue weighted by Crippen LogP contribution is -2.10. The van der Waals surface area contributed by atoms with Gasteiger partial charge in [0.15, 0.2) is 0 Å². The standard InChI is InChI=1S/C24H19ClF3NO5S2/c1-2-34-16-5-7-20-18(12-16)14(3-9-22(30)31)13-29(20)36(32,33)23-10-8-21(35-23)17-6-4-15(11-19(17)25)24(26,27)28/h4-8,10-13H,2-3,9H2,1H3,(H,30,31). The minimum absolute atomic E-state index is 0.0518. The number of halogens is 4. The van der Waals surface area contributed by atoms with Crippen LogP contribution in [0.2, 0.25) is 5.02 Å². The fourth-order valence-electron chi connectivity index (χ4n) is 3.73. The molecule has 190 valence electrons. The van der Waals surface area contributed by atoms with E-state index in [1.165, 1.54) is 24.4 Å². The Balaban J connectivity index is 1.77. The molecule has 0 spiro atoms. The van der Waals surface area contributed by atoms with E-state index in [0.29, 0.717) is 33.7 Å². The Morgan fingerprint density at radius 3 is 2.53 bits per heavy atom. The van der Waals surface area contributed by atoms with Gasteiger partial charge in [0.1, 0.15) is 9.96 Å². The van der Waals surface area contributed by atoms with Gasteiger partial charge in [0, 0.05) is 33.5 Å². The number of hydrogen-bond donors (Lipinski definition) is 1. The van der Waals surface area contributed by atoms with Crippen LogP contribution in [0.15, 0.2) is 58.9 Å². The average molecular weight is 558 g/mol. The van der Waals surface area contributed by atoms with Crippen LogP contribution >= 0.6 is 22.9 Å². The minimum atomic E-state index is -4.55. The molecule has 4 rings (SSSR count). The van der Waals surface area contributed by atoms with E-state index in [4.69, 9.17) is 21.4 Å². The monoisotopic (exact) mass is 557 g/mol. The Hall–Kier alpha value is -3.02.